The van der Waals surface area contributed by atoms with Crippen molar-refractivity contribution >= 4 is 47.4 Å². The standard InChI is InChI=1S/C32H39Cl2N3O5/c1-20(2)16-27(30(40)36-26(19-38)17-22-12-15-35-29(22)39)37-31(41)42-28(21-8-10-24(33)11-9-21)32(13-3-4-14-32)23-6-5-7-25(34)18-23/h5-11,18-20,22,26-28H,3-4,12-17H2,1-2H3,(H,35,39)(H,36,40)(H,37,41). The second kappa shape index (κ2) is 14.4. The molecule has 3 N–H and O–H groups in total. The van der Waals surface area contributed by atoms with Crippen LogP contribution in [0, 0.1) is 11.8 Å². The summed E-state index contributed by atoms with van der Waals surface area (Å²) in [5.74, 6) is -0.887. The van der Waals surface area contributed by atoms with Gasteiger partial charge in [0.25, 0.3) is 0 Å². The van der Waals surface area contributed by atoms with E-state index in [1.165, 1.54) is 0 Å². The first kappa shape index (κ1) is 31.8. The average molecular weight is 617 g/mol. The number of hydrogen-bond donors (Lipinski definition) is 3. The first-order valence-corrected chi connectivity index (χ1v) is 15.4. The summed E-state index contributed by atoms with van der Waals surface area (Å²) < 4.78 is 6.23. The number of aldehydes is 1. The molecule has 4 unspecified atom stereocenters. The Balaban J connectivity index is 1.56. The third-order valence-corrected chi connectivity index (χ3v) is 8.79. The van der Waals surface area contributed by atoms with Crippen LogP contribution < -0.4 is 16.0 Å². The Morgan fingerprint density at radius 1 is 1.07 bits per heavy atom. The lowest BCUT2D eigenvalue weighted by Crippen LogP contribution is -2.51. The molecule has 0 radical (unpaired) electrons. The maximum atomic E-state index is 13.6. The van der Waals surface area contributed by atoms with Crippen LogP contribution in [0.1, 0.15) is 76.0 Å². The maximum Gasteiger partial charge on any atom is 0.408 e. The largest absolute Gasteiger partial charge is 0.440 e. The second-order valence-electron chi connectivity index (χ2n) is 11.8. The molecular formula is C32H39Cl2N3O5. The number of carbonyl (C=O) groups excluding carboxylic acids is 4. The zero-order valence-corrected chi connectivity index (χ0v) is 25.5. The monoisotopic (exact) mass is 615 g/mol. The first-order valence-electron chi connectivity index (χ1n) is 14.6. The van der Waals surface area contributed by atoms with Crippen molar-refractivity contribution in [2.24, 2.45) is 11.8 Å². The van der Waals surface area contributed by atoms with Crippen molar-refractivity contribution in [2.45, 2.75) is 82.4 Å². The SMILES string of the molecule is CC(C)CC(NC(=O)OC(c1ccc(Cl)cc1)C1(c2cccc(Cl)c2)CCCC1)C(=O)NC(C=O)CC1CCNC1=O. The number of rotatable bonds is 12. The second-order valence-corrected chi connectivity index (χ2v) is 12.7. The van der Waals surface area contributed by atoms with E-state index >= 15 is 0 Å². The molecule has 1 aliphatic heterocycles. The molecule has 3 amide bonds. The number of amides is 3. The average Bonchev–Trinajstić information content (AvgIpc) is 3.61. The lowest BCUT2D eigenvalue weighted by molar-refractivity contribution is -0.127. The molecule has 1 saturated carbocycles. The maximum absolute atomic E-state index is 13.6. The molecule has 1 saturated heterocycles. The minimum atomic E-state index is -0.936. The molecule has 0 aromatic heterocycles. The Labute approximate surface area is 257 Å². The molecule has 8 nitrogen and oxygen atoms in total. The molecule has 2 aromatic rings. The van der Waals surface area contributed by atoms with E-state index in [4.69, 9.17) is 27.9 Å². The fourth-order valence-corrected chi connectivity index (χ4v) is 6.55. The zero-order chi connectivity index (χ0) is 30.3. The van der Waals surface area contributed by atoms with Crippen molar-refractivity contribution in [1.82, 2.24) is 16.0 Å². The van der Waals surface area contributed by atoms with Gasteiger partial charge in [-0.25, -0.2) is 4.79 Å². The zero-order valence-electron chi connectivity index (χ0n) is 24.0. The molecule has 0 spiro atoms. The number of nitrogens with one attached hydrogen (secondary N) is 3. The first-order chi connectivity index (χ1) is 20.1. The summed E-state index contributed by atoms with van der Waals surface area (Å²) in [6.07, 6.45) is 3.91. The van der Waals surface area contributed by atoms with Crippen LogP contribution in [0.5, 0.6) is 0 Å². The summed E-state index contributed by atoms with van der Waals surface area (Å²) in [5, 5.41) is 9.42. The van der Waals surface area contributed by atoms with Gasteiger partial charge in [-0.05, 0) is 73.4 Å². The van der Waals surface area contributed by atoms with E-state index in [2.05, 4.69) is 16.0 Å². The number of carbonyl (C=O) groups is 4. The van der Waals surface area contributed by atoms with Gasteiger partial charge in [0.1, 0.15) is 18.4 Å². The fourth-order valence-electron chi connectivity index (χ4n) is 6.24. The minimum Gasteiger partial charge on any atom is -0.440 e. The molecule has 42 heavy (non-hydrogen) atoms. The van der Waals surface area contributed by atoms with Gasteiger partial charge in [0.05, 0.1) is 6.04 Å². The number of benzene rings is 2. The molecular weight excluding hydrogens is 577 g/mol. The highest BCUT2D eigenvalue weighted by atomic mass is 35.5. The predicted molar refractivity (Wildman–Crippen MR) is 162 cm³/mol. The summed E-state index contributed by atoms with van der Waals surface area (Å²) >= 11 is 12.6. The third kappa shape index (κ3) is 7.84. The van der Waals surface area contributed by atoms with Gasteiger partial charge in [-0.15, -0.1) is 0 Å². The number of halogens is 2. The molecule has 0 bridgehead atoms. The normalized spacial score (nSPS) is 19.9. The predicted octanol–water partition coefficient (Wildman–Crippen LogP) is 5.90. The highest BCUT2D eigenvalue weighted by Gasteiger charge is 2.46. The van der Waals surface area contributed by atoms with Gasteiger partial charge in [-0.1, -0.05) is 74.2 Å². The van der Waals surface area contributed by atoms with E-state index in [0.717, 1.165) is 36.8 Å². The lowest BCUT2D eigenvalue weighted by atomic mass is 9.72. The van der Waals surface area contributed by atoms with Crippen molar-refractivity contribution in [3.8, 4) is 0 Å². The molecule has 2 aromatic carbocycles. The van der Waals surface area contributed by atoms with Crippen LogP contribution in [0.25, 0.3) is 0 Å². The van der Waals surface area contributed by atoms with Crippen molar-refractivity contribution < 1.29 is 23.9 Å². The number of alkyl carbamates (subject to hydrolysis) is 1. The Hall–Kier alpha value is -3.10. The Morgan fingerprint density at radius 3 is 2.38 bits per heavy atom. The third-order valence-electron chi connectivity index (χ3n) is 8.30. The van der Waals surface area contributed by atoms with Crippen LogP contribution in [0.4, 0.5) is 4.79 Å². The van der Waals surface area contributed by atoms with Crippen LogP contribution in [0.15, 0.2) is 48.5 Å². The molecule has 226 valence electrons. The summed E-state index contributed by atoms with van der Waals surface area (Å²) in [7, 11) is 0. The van der Waals surface area contributed by atoms with E-state index in [9.17, 15) is 19.2 Å². The van der Waals surface area contributed by atoms with Gasteiger partial charge in [0, 0.05) is 27.9 Å². The van der Waals surface area contributed by atoms with Gasteiger partial charge >= 0.3 is 6.09 Å². The lowest BCUT2D eigenvalue weighted by Gasteiger charge is -2.38. The van der Waals surface area contributed by atoms with Crippen LogP contribution in [0.2, 0.25) is 10.0 Å². The van der Waals surface area contributed by atoms with Gasteiger partial charge in [0.2, 0.25) is 11.8 Å². The Kier molecular flexibility index (Phi) is 10.9. The van der Waals surface area contributed by atoms with Gasteiger partial charge in [-0.2, -0.15) is 0 Å². The fraction of sp³-hybridized carbons (Fsp3) is 0.500. The summed E-state index contributed by atoms with van der Waals surface area (Å²) in [6.45, 7) is 4.44. The van der Waals surface area contributed by atoms with Gasteiger partial charge < -0.3 is 25.5 Å². The summed E-state index contributed by atoms with van der Waals surface area (Å²) in [6, 6.07) is 13.1. The van der Waals surface area contributed by atoms with Crippen LogP contribution in [-0.2, 0) is 24.5 Å². The van der Waals surface area contributed by atoms with Crippen molar-refractivity contribution in [1.29, 1.82) is 0 Å². The molecule has 2 aliphatic rings. The molecule has 4 rings (SSSR count). The molecule has 10 heteroatoms. The van der Waals surface area contributed by atoms with E-state index in [1.54, 1.807) is 12.1 Å². The van der Waals surface area contributed by atoms with Crippen LogP contribution >= 0.6 is 23.2 Å². The van der Waals surface area contributed by atoms with E-state index < -0.39 is 35.6 Å². The molecule has 2 fully saturated rings. The molecule has 1 aliphatic carbocycles. The summed E-state index contributed by atoms with van der Waals surface area (Å²) in [5.41, 5.74) is 1.26. The highest BCUT2D eigenvalue weighted by molar-refractivity contribution is 6.30. The highest BCUT2D eigenvalue weighted by Crippen LogP contribution is 2.52. The van der Waals surface area contributed by atoms with E-state index in [-0.39, 0.29) is 24.2 Å². The number of ether oxygens (including phenoxy) is 1. The van der Waals surface area contributed by atoms with Crippen LogP contribution in [-0.4, -0.2) is 42.8 Å². The summed E-state index contributed by atoms with van der Waals surface area (Å²) in [4.78, 5) is 50.7. The van der Waals surface area contributed by atoms with Crippen LogP contribution in [0.3, 0.4) is 0 Å². The van der Waals surface area contributed by atoms with E-state index in [1.807, 2.05) is 50.2 Å². The molecule has 1 heterocycles. The van der Waals surface area contributed by atoms with Gasteiger partial charge in [0.15, 0.2) is 0 Å². The Bertz CT molecular complexity index is 1260. The molecule has 4 atom stereocenters. The van der Waals surface area contributed by atoms with E-state index in [0.29, 0.717) is 35.7 Å². The van der Waals surface area contributed by atoms with Crippen molar-refractivity contribution in [3.63, 3.8) is 0 Å². The van der Waals surface area contributed by atoms with Crippen molar-refractivity contribution in [3.05, 3.63) is 69.7 Å². The Morgan fingerprint density at radius 2 is 1.79 bits per heavy atom. The number of hydrogen-bond acceptors (Lipinski definition) is 5. The smallest absolute Gasteiger partial charge is 0.408 e. The van der Waals surface area contributed by atoms with Crippen molar-refractivity contribution in [2.75, 3.05) is 6.54 Å². The topological polar surface area (TPSA) is 114 Å². The quantitative estimate of drug-likeness (QED) is 0.257. The minimum absolute atomic E-state index is 0.0658. The van der Waals surface area contributed by atoms with Gasteiger partial charge in [-0.3, -0.25) is 9.59 Å².